The Balaban J connectivity index is 1.96. The molecule has 0 bridgehead atoms. The molecule has 0 atom stereocenters. The molecular formula is C19H13ClFN3O2. The summed E-state index contributed by atoms with van der Waals surface area (Å²) in [7, 11) is 1.84. The topological polar surface area (TPSA) is 70.9 Å². The first-order chi connectivity index (χ1) is 12.4. The van der Waals surface area contributed by atoms with Gasteiger partial charge >= 0.3 is 5.97 Å². The van der Waals surface area contributed by atoms with Crippen LogP contribution in [0.4, 0.5) is 4.39 Å². The molecule has 4 aromatic rings. The van der Waals surface area contributed by atoms with E-state index in [2.05, 4.69) is 9.97 Å². The van der Waals surface area contributed by atoms with Gasteiger partial charge < -0.3 is 14.7 Å². The zero-order chi connectivity index (χ0) is 18.4. The monoisotopic (exact) mass is 369 g/mol. The molecule has 130 valence electrons. The lowest BCUT2D eigenvalue weighted by Gasteiger charge is -2.03. The van der Waals surface area contributed by atoms with Gasteiger partial charge in [0.2, 0.25) is 0 Å². The second kappa shape index (κ2) is 6.00. The van der Waals surface area contributed by atoms with Gasteiger partial charge in [-0.25, -0.2) is 14.2 Å². The summed E-state index contributed by atoms with van der Waals surface area (Å²) < 4.78 is 15.6. The van der Waals surface area contributed by atoms with Gasteiger partial charge in [0.15, 0.2) is 0 Å². The SMILES string of the molecule is Cn1cnc(-c2cc(C(=O)O)cc3cc(-c4ccc(Cl)c(F)c4)[nH]c23)c1. The minimum atomic E-state index is -1.02. The number of aromatic carboxylic acids is 1. The van der Waals surface area contributed by atoms with Crippen LogP contribution >= 0.6 is 11.6 Å². The molecule has 2 heterocycles. The number of carboxylic acids is 1. The third-order valence-electron chi connectivity index (χ3n) is 4.19. The third kappa shape index (κ3) is 2.74. The molecular weight excluding hydrogens is 357 g/mol. The average Bonchev–Trinajstić information content (AvgIpc) is 3.22. The molecule has 4 rings (SSSR count). The smallest absolute Gasteiger partial charge is 0.335 e. The highest BCUT2D eigenvalue weighted by Gasteiger charge is 2.16. The number of imidazole rings is 1. The fourth-order valence-electron chi connectivity index (χ4n) is 2.94. The Labute approximate surface area is 152 Å². The van der Waals surface area contributed by atoms with Crippen LogP contribution in [0, 0.1) is 5.82 Å². The van der Waals surface area contributed by atoms with E-state index in [0.29, 0.717) is 27.9 Å². The summed E-state index contributed by atoms with van der Waals surface area (Å²) in [6.07, 6.45) is 3.45. The zero-order valence-electron chi connectivity index (χ0n) is 13.6. The Bertz CT molecular complexity index is 1160. The van der Waals surface area contributed by atoms with Crippen molar-refractivity contribution in [1.82, 2.24) is 14.5 Å². The number of nitrogens with one attached hydrogen (secondary N) is 1. The van der Waals surface area contributed by atoms with E-state index in [1.165, 1.54) is 12.1 Å². The van der Waals surface area contributed by atoms with E-state index in [9.17, 15) is 14.3 Å². The lowest BCUT2D eigenvalue weighted by atomic mass is 10.0. The third-order valence-corrected chi connectivity index (χ3v) is 4.49. The first-order valence-corrected chi connectivity index (χ1v) is 8.14. The minimum Gasteiger partial charge on any atom is -0.478 e. The summed E-state index contributed by atoms with van der Waals surface area (Å²) in [4.78, 5) is 19.1. The van der Waals surface area contributed by atoms with Crippen molar-refractivity contribution < 1.29 is 14.3 Å². The maximum atomic E-state index is 13.8. The highest BCUT2D eigenvalue weighted by molar-refractivity contribution is 6.30. The Morgan fingerprint density at radius 2 is 2.08 bits per heavy atom. The lowest BCUT2D eigenvalue weighted by molar-refractivity contribution is 0.0697. The molecule has 0 spiro atoms. The predicted molar refractivity (Wildman–Crippen MR) is 97.9 cm³/mol. The van der Waals surface area contributed by atoms with E-state index in [1.54, 1.807) is 35.2 Å². The molecule has 0 aliphatic rings. The maximum Gasteiger partial charge on any atom is 0.335 e. The van der Waals surface area contributed by atoms with E-state index in [-0.39, 0.29) is 10.6 Å². The molecule has 0 unspecified atom stereocenters. The summed E-state index contributed by atoms with van der Waals surface area (Å²) in [5.74, 6) is -1.54. The number of rotatable bonds is 3. The number of carbonyl (C=O) groups is 1. The summed E-state index contributed by atoms with van der Waals surface area (Å²) in [6.45, 7) is 0. The van der Waals surface area contributed by atoms with Crippen LogP contribution in [-0.2, 0) is 7.05 Å². The van der Waals surface area contributed by atoms with Crippen LogP contribution in [0.2, 0.25) is 5.02 Å². The Morgan fingerprint density at radius 3 is 2.73 bits per heavy atom. The predicted octanol–water partition coefficient (Wildman–Crippen LogP) is 4.73. The van der Waals surface area contributed by atoms with Gasteiger partial charge in [0.05, 0.1) is 28.1 Å². The van der Waals surface area contributed by atoms with Crippen LogP contribution in [0.5, 0.6) is 0 Å². The van der Waals surface area contributed by atoms with Crippen molar-refractivity contribution in [2.75, 3.05) is 0 Å². The van der Waals surface area contributed by atoms with E-state index in [4.69, 9.17) is 11.6 Å². The largest absolute Gasteiger partial charge is 0.478 e. The number of aryl methyl sites for hydroxylation is 1. The fourth-order valence-corrected chi connectivity index (χ4v) is 3.06. The van der Waals surface area contributed by atoms with E-state index < -0.39 is 11.8 Å². The Kier molecular flexibility index (Phi) is 3.77. The van der Waals surface area contributed by atoms with Crippen molar-refractivity contribution in [3.63, 3.8) is 0 Å². The van der Waals surface area contributed by atoms with Gasteiger partial charge in [0.1, 0.15) is 5.82 Å². The number of aromatic amines is 1. The number of nitrogens with zero attached hydrogens (tertiary/aromatic N) is 2. The van der Waals surface area contributed by atoms with Crippen LogP contribution in [0.25, 0.3) is 33.4 Å². The molecule has 0 radical (unpaired) electrons. The van der Waals surface area contributed by atoms with Crippen molar-refractivity contribution in [3.8, 4) is 22.5 Å². The standard InChI is InChI=1S/C19H13ClFN3O2/c1-24-8-17(22-9-24)13-5-12(19(25)26)4-11-7-16(23-18(11)13)10-2-3-14(20)15(21)6-10/h2-9,23H,1H3,(H,25,26). The van der Waals surface area contributed by atoms with Crippen molar-refractivity contribution in [2.45, 2.75) is 0 Å². The van der Waals surface area contributed by atoms with Gasteiger partial charge in [-0.1, -0.05) is 17.7 Å². The minimum absolute atomic E-state index is 0.0483. The molecule has 0 aliphatic carbocycles. The van der Waals surface area contributed by atoms with Crippen molar-refractivity contribution in [3.05, 3.63) is 65.3 Å². The molecule has 0 saturated carbocycles. The summed E-state index contributed by atoms with van der Waals surface area (Å²) >= 11 is 5.75. The number of fused-ring (bicyclic) bond motifs is 1. The van der Waals surface area contributed by atoms with Gasteiger partial charge in [-0.05, 0) is 30.3 Å². The molecule has 0 aliphatic heterocycles. The number of carboxylic acid groups (broad SMARTS) is 1. The van der Waals surface area contributed by atoms with Crippen LogP contribution in [-0.4, -0.2) is 25.6 Å². The molecule has 5 nitrogen and oxygen atoms in total. The van der Waals surface area contributed by atoms with Gasteiger partial charge in [0, 0.05) is 35.5 Å². The van der Waals surface area contributed by atoms with Crippen LogP contribution in [0.3, 0.4) is 0 Å². The van der Waals surface area contributed by atoms with Crippen molar-refractivity contribution in [1.29, 1.82) is 0 Å². The molecule has 2 N–H and O–H groups in total. The molecule has 2 aromatic heterocycles. The highest BCUT2D eigenvalue weighted by atomic mass is 35.5. The molecule has 0 fully saturated rings. The normalized spacial score (nSPS) is 11.2. The maximum absolute atomic E-state index is 13.8. The number of H-pyrrole nitrogens is 1. The van der Waals surface area contributed by atoms with Gasteiger partial charge in [-0.3, -0.25) is 0 Å². The second-order valence-corrected chi connectivity index (χ2v) is 6.44. The Morgan fingerprint density at radius 1 is 1.27 bits per heavy atom. The summed E-state index contributed by atoms with van der Waals surface area (Å²) in [6, 6.07) is 9.48. The summed E-state index contributed by atoms with van der Waals surface area (Å²) in [5.41, 5.74) is 3.49. The molecule has 7 heteroatoms. The van der Waals surface area contributed by atoms with Crippen molar-refractivity contribution in [2.24, 2.45) is 7.05 Å². The molecule has 0 saturated heterocycles. The first-order valence-electron chi connectivity index (χ1n) is 7.76. The van der Waals surface area contributed by atoms with Crippen molar-refractivity contribution >= 4 is 28.5 Å². The first kappa shape index (κ1) is 16.4. The van der Waals surface area contributed by atoms with Gasteiger partial charge in [0.25, 0.3) is 0 Å². The molecule has 2 aromatic carbocycles. The average molecular weight is 370 g/mol. The van der Waals surface area contributed by atoms with Gasteiger partial charge in [-0.2, -0.15) is 0 Å². The lowest BCUT2D eigenvalue weighted by Crippen LogP contribution is -1.96. The highest BCUT2D eigenvalue weighted by Crippen LogP contribution is 2.33. The number of hydrogen-bond donors (Lipinski definition) is 2. The zero-order valence-corrected chi connectivity index (χ0v) is 14.4. The van der Waals surface area contributed by atoms with E-state index in [1.807, 2.05) is 13.2 Å². The van der Waals surface area contributed by atoms with Crippen LogP contribution in [0.15, 0.2) is 48.9 Å². The molecule has 0 amide bonds. The van der Waals surface area contributed by atoms with Crippen LogP contribution < -0.4 is 0 Å². The quantitative estimate of drug-likeness (QED) is 0.548. The summed E-state index contributed by atoms with van der Waals surface area (Å²) in [5, 5.41) is 10.2. The second-order valence-electron chi connectivity index (χ2n) is 6.03. The Hall–Kier alpha value is -3.12. The number of hydrogen-bond acceptors (Lipinski definition) is 2. The fraction of sp³-hybridized carbons (Fsp3) is 0.0526. The van der Waals surface area contributed by atoms with Gasteiger partial charge in [-0.15, -0.1) is 0 Å². The number of benzene rings is 2. The van der Waals surface area contributed by atoms with E-state index in [0.717, 1.165) is 5.52 Å². The van der Waals surface area contributed by atoms with Crippen LogP contribution in [0.1, 0.15) is 10.4 Å². The number of aromatic nitrogens is 3. The van der Waals surface area contributed by atoms with E-state index >= 15 is 0 Å². The molecule has 26 heavy (non-hydrogen) atoms. The number of halogens is 2.